The van der Waals surface area contributed by atoms with Gasteiger partial charge in [-0.2, -0.15) is 0 Å². The van der Waals surface area contributed by atoms with E-state index in [-0.39, 0.29) is 11.7 Å². The zero-order valence-corrected chi connectivity index (χ0v) is 9.53. The molecule has 0 spiro atoms. The van der Waals surface area contributed by atoms with Gasteiger partial charge < -0.3 is 5.32 Å². The average Bonchev–Trinajstić information content (AvgIpc) is 2.23. The summed E-state index contributed by atoms with van der Waals surface area (Å²) in [7, 11) is 0. The highest BCUT2D eigenvalue weighted by Gasteiger charge is 1.97. The highest BCUT2D eigenvalue weighted by molar-refractivity contribution is 5.91. The van der Waals surface area contributed by atoms with Crippen LogP contribution in [0.2, 0.25) is 0 Å². The number of amides is 1. The van der Waals surface area contributed by atoms with Crippen LogP contribution >= 0.6 is 0 Å². The first kappa shape index (κ1) is 12.4. The summed E-state index contributed by atoms with van der Waals surface area (Å²) in [6, 6.07) is 6.11. The second kappa shape index (κ2) is 6.05. The standard InChI is InChI=1S/C13H16FNO/c1-10(2)9-15-13(16)7-6-11-4-3-5-12(14)8-11/h3-8,10H,9H2,1-2H3,(H,15,16)/b7-6+. The predicted octanol–water partition coefficient (Wildman–Crippen LogP) is 2.61. The van der Waals surface area contributed by atoms with Gasteiger partial charge in [0.25, 0.3) is 0 Å². The van der Waals surface area contributed by atoms with Gasteiger partial charge in [0.05, 0.1) is 0 Å². The van der Waals surface area contributed by atoms with Crippen LogP contribution in [-0.2, 0) is 4.79 Å². The van der Waals surface area contributed by atoms with Crippen molar-refractivity contribution in [2.75, 3.05) is 6.54 Å². The summed E-state index contributed by atoms with van der Waals surface area (Å²) in [4.78, 5) is 11.3. The molecule has 0 aliphatic heterocycles. The fourth-order valence-electron chi connectivity index (χ4n) is 1.15. The molecule has 0 fully saturated rings. The largest absolute Gasteiger partial charge is 0.352 e. The zero-order valence-electron chi connectivity index (χ0n) is 9.53. The number of carbonyl (C=O) groups is 1. The number of hydrogen-bond acceptors (Lipinski definition) is 1. The minimum Gasteiger partial charge on any atom is -0.352 e. The third-order valence-corrected chi connectivity index (χ3v) is 1.96. The summed E-state index contributed by atoms with van der Waals surface area (Å²) in [6.45, 7) is 4.69. The van der Waals surface area contributed by atoms with Gasteiger partial charge in [-0.05, 0) is 29.7 Å². The SMILES string of the molecule is CC(C)CNC(=O)/C=C/c1cccc(F)c1. The van der Waals surface area contributed by atoms with Crippen molar-refractivity contribution >= 4 is 12.0 Å². The van der Waals surface area contributed by atoms with Gasteiger partial charge in [0, 0.05) is 12.6 Å². The van der Waals surface area contributed by atoms with Crippen LogP contribution in [0.15, 0.2) is 30.3 Å². The maximum Gasteiger partial charge on any atom is 0.244 e. The average molecular weight is 221 g/mol. The van der Waals surface area contributed by atoms with Gasteiger partial charge in [0.1, 0.15) is 5.82 Å². The van der Waals surface area contributed by atoms with E-state index in [1.807, 2.05) is 13.8 Å². The Morgan fingerprint density at radius 3 is 2.88 bits per heavy atom. The second-order valence-corrected chi connectivity index (χ2v) is 4.03. The number of hydrogen-bond donors (Lipinski definition) is 1. The molecule has 0 aromatic heterocycles. The fourth-order valence-corrected chi connectivity index (χ4v) is 1.15. The van der Waals surface area contributed by atoms with Crippen molar-refractivity contribution in [1.82, 2.24) is 5.32 Å². The van der Waals surface area contributed by atoms with E-state index < -0.39 is 0 Å². The molecule has 1 N–H and O–H groups in total. The maximum absolute atomic E-state index is 12.8. The van der Waals surface area contributed by atoms with Crippen molar-refractivity contribution in [3.63, 3.8) is 0 Å². The van der Waals surface area contributed by atoms with Gasteiger partial charge in [-0.3, -0.25) is 4.79 Å². The van der Waals surface area contributed by atoms with Gasteiger partial charge in [-0.15, -0.1) is 0 Å². The van der Waals surface area contributed by atoms with E-state index >= 15 is 0 Å². The fraction of sp³-hybridized carbons (Fsp3) is 0.308. The van der Waals surface area contributed by atoms with E-state index in [2.05, 4.69) is 5.32 Å². The second-order valence-electron chi connectivity index (χ2n) is 4.03. The molecule has 16 heavy (non-hydrogen) atoms. The Morgan fingerprint density at radius 2 is 2.25 bits per heavy atom. The van der Waals surface area contributed by atoms with Crippen LogP contribution in [0.25, 0.3) is 6.08 Å². The Balaban J connectivity index is 2.50. The van der Waals surface area contributed by atoms with Gasteiger partial charge in [0.15, 0.2) is 0 Å². The Kier molecular flexibility index (Phi) is 4.70. The molecule has 1 aromatic carbocycles. The van der Waals surface area contributed by atoms with Crippen LogP contribution in [-0.4, -0.2) is 12.5 Å². The van der Waals surface area contributed by atoms with E-state index in [9.17, 15) is 9.18 Å². The van der Waals surface area contributed by atoms with Gasteiger partial charge in [0.2, 0.25) is 5.91 Å². The molecule has 0 saturated heterocycles. The molecule has 0 unspecified atom stereocenters. The van der Waals surface area contributed by atoms with Crippen LogP contribution in [0.3, 0.4) is 0 Å². The van der Waals surface area contributed by atoms with Gasteiger partial charge in [-0.25, -0.2) is 4.39 Å². The minimum absolute atomic E-state index is 0.155. The van der Waals surface area contributed by atoms with Crippen molar-refractivity contribution < 1.29 is 9.18 Å². The summed E-state index contributed by atoms with van der Waals surface area (Å²) in [5, 5.41) is 2.75. The first-order chi connectivity index (χ1) is 7.58. The van der Waals surface area contributed by atoms with E-state index in [1.165, 1.54) is 18.2 Å². The molecule has 0 bridgehead atoms. The normalized spacial score (nSPS) is 11.0. The summed E-state index contributed by atoms with van der Waals surface area (Å²) < 4.78 is 12.8. The summed E-state index contributed by atoms with van der Waals surface area (Å²) in [5.74, 6) is -0.0331. The Hall–Kier alpha value is -1.64. The molecule has 86 valence electrons. The summed E-state index contributed by atoms with van der Waals surface area (Å²) >= 11 is 0. The monoisotopic (exact) mass is 221 g/mol. The van der Waals surface area contributed by atoms with Crippen molar-refractivity contribution in [3.8, 4) is 0 Å². The molecule has 1 amide bonds. The quantitative estimate of drug-likeness (QED) is 0.778. The molecule has 1 rings (SSSR count). The van der Waals surface area contributed by atoms with E-state index in [0.29, 0.717) is 18.0 Å². The minimum atomic E-state index is -0.301. The molecule has 0 aliphatic rings. The Morgan fingerprint density at radius 1 is 1.50 bits per heavy atom. The number of nitrogens with one attached hydrogen (secondary N) is 1. The molecular weight excluding hydrogens is 205 g/mol. The first-order valence-corrected chi connectivity index (χ1v) is 5.29. The lowest BCUT2D eigenvalue weighted by Crippen LogP contribution is -2.25. The van der Waals surface area contributed by atoms with E-state index in [0.717, 1.165) is 0 Å². The molecule has 2 nitrogen and oxygen atoms in total. The Labute approximate surface area is 95.2 Å². The number of benzene rings is 1. The van der Waals surface area contributed by atoms with Crippen LogP contribution in [0.5, 0.6) is 0 Å². The highest BCUT2D eigenvalue weighted by Crippen LogP contribution is 2.04. The lowest BCUT2D eigenvalue weighted by Gasteiger charge is -2.04. The molecule has 0 radical (unpaired) electrons. The third-order valence-electron chi connectivity index (χ3n) is 1.96. The van der Waals surface area contributed by atoms with Crippen LogP contribution < -0.4 is 5.32 Å². The molecule has 1 aromatic rings. The smallest absolute Gasteiger partial charge is 0.244 e. The van der Waals surface area contributed by atoms with Crippen LogP contribution in [0.4, 0.5) is 4.39 Å². The van der Waals surface area contributed by atoms with Gasteiger partial charge in [-0.1, -0.05) is 26.0 Å². The predicted molar refractivity (Wildman–Crippen MR) is 63.3 cm³/mol. The molecular formula is C13H16FNO. The highest BCUT2D eigenvalue weighted by atomic mass is 19.1. The van der Waals surface area contributed by atoms with Crippen LogP contribution in [0, 0.1) is 11.7 Å². The molecule has 0 aliphatic carbocycles. The van der Waals surface area contributed by atoms with Crippen molar-refractivity contribution in [1.29, 1.82) is 0 Å². The molecule has 0 atom stereocenters. The molecule has 0 heterocycles. The first-order valence-electron chi connectivity index (χ1n) is 5.29. The van der Waals surface area contributed by atoms with E-state index in [1.54, 1.807) is 18.2 Å². The van der Waals surface area contributed by atoms with Crippen molar-refractivity contribution in [3.05, 3.63) is 41.7 Å². The van der Waals surface area contributed by atoms with E-state index in [4.69, 9.17) is 0 Å². The summed E-state index contributed by atoms with van der Waals surface area (Å²) in [6.07, 6.45) is 3.01. The Bertz CT molecular complexity index is 385. The third kappa shape index (κ3) is 4.73. The number of carbonyl (C=O) groups excluding carboxylic acids is 1. The topological polar surface area (TPSA) is 29.1 Å². The van der Waals surface area contributed by atoms with Crippen LogP contribution in [0.1, 0.15) is 19.4 Å². The number of halogens is 1. The number of rotatable bonds is 4. The van der Waals surface area contributed by atoms with Gasteiger partial charge >= 0.3 is 0 Å². The molecule has 3 heteroatoms. The lowest BCUT2D eigenvalue weighted by molar-refractivity contribution is -0.116. The van der Waals surface area contributed by atoms with Crippen molar-refractivity contribution in [2.45, 2.75) is 13.8 Å². The lowest BCUT2D eigenvalue weighted by atomic mass is 10.2. The summed E-state index contributed by atoms with van der Waals surface area (Å²) in [5.41, 5.74) is 0.680. The van der Waals surface area contributed by atoms with Crippen molar-refractivity contribution in [2.24, 2.45) is 5.92 Å². The zero-order chi connectivity index (χ0) is 12.0. The maximum atomic E-state index is 12.8. The molecule has 0 saturated carbocycles.